The van der Waals surface area contributed by atoms with Gasteiger partial charge in [0.15, 0.2) is 17.2 Å². The summed E-state index contributed by atoms with van der Waals surface area (Å²) < 4.78 is 51.1. The van der Waals surface area contributed by atoms with E-state index in [1.807, 2.05) is 13.8 Å². The molecule has 2 heterocycles. The molecule has 0 spiro atoms. The number of hydrogen-bond donors (Lipinski definition) is 1. The number of carbonyl (C=O) groups excluding carboxylic acids is 1. The highest BCUT2D eigenvalue weighted by atomic mass is 32.2. The summed E-state index contributed by atoms with van der Waals surface area (Å²) in [7, 11) is -3.52. The smallest absolute Gasteiger partial charge is 0.287 e. The molecule has 0 radical (unpaired) electrons. The average molecular weight is 398 g/mol. The molecule has 7 nitrogen and oxygen atoms in total. The van der Waals surface area contributed by atoms with Gasteiger partial charge < -0.3 is 14.5 Å². The van der Waals surface area contributed by atoms with Gasteiger partial charge in [-0.05, 0) is 26.8 Å². The van der Waals surface area contributed by atoms with E-state index in [4.69, 9.17) is 9.15 Å². The van der Waals surface area contributed by atoms with Gasteiger partial charge in [-0.1, -0.05) is 12.1 Å². The molecule has 148 valence electrons. The molecule has 1 N–H and O–H groups in total. The van der Waals surface area contributed by atoms with E-state index in [1.54, 1.807) is 19.1 Å². The maximum atomic E-state index is 13.8. The first kappa shape index (κ1) is 19.8. The maximum Gasteiger partial charge on any atom is 0.287 e. The number of morpholine rings is 1. The third-order valence-electron chi connectivity index (χ3n) is 4.55. The molecule has 0 saturated carbocycles. The van der Waals surface area contributed by atoms with E-state index in [9.17, 15) is 17.6 Å². The number of para-hydroxylation sites is 1. The van der Waals surface area contributed by atoms with Crippen molar-refractivity contribution in [2.24, 2.45) is 0 Å². The number of halogens is 1. The molecule has 2 aromatic rings. The number of aryl methyl sites for hydroxylation is 1. The van der Waals surface area contributed by atoms with E-state index in [0.717, 1.165) is 0 Å². The monoisotopic (exact) mass is 398 g/mol. The van der Waals surface area contributed by atoms with Gasteiger partial charge in [0.2, 0.25) is 10.0 Å². The van der Waals surface area contributed by atoms with E-state index in [-0.39, 0.29) is 35.8 Å². The van der Waals surface area contributed by atoms with E-state index >= 15 is 0 Å². The summed E-state index contributed by atoms with van der Waals surface area (Å²) in [6, 6.07) is 4.46. The fraction of sp³-hybridized carbons (Fsp3) is 0.500. The summed E-state index contributed by atoms with van der Waals surface area (Å²) >= 11 is 0. The summed E-state index contributed by atoms with van der Waals surface area (Å²) in [6.45, 7) is 5.83. The molecule has 1 fully saturated rings. The fourth-order valence-electron chi connectivity index (χ4n) is 3.29. The topological polar surface area (TPSA) is 88.9 Å². The number of benzene rings is 1. The van der Waals surface area contributed by atoms with Crippen LogP contribution in [0.5, 0.6) is 0 Å². The van der Waals surface area contributed by atoms with Gasteiger partial charge >= 0.3 is 0 Å². The molecular weight excluding hydrogens is 375 g/mol. The Morgan fingerprint density at radius 2 is 1.96 bits per heavy atom. The zero-order chi connectivity index (χ0) is 19.8. The number of fused-ring (bicyclic) bond motifs is 1. The van der Waals surface area contributed by atoms with Crippen LogP contribution in [0.15, 0.2) is 22.6 Å². The Balaban J connectivity index is 1.64. The lowest BCUT2D eigenvalue weighted by Crippen LogP contribution is -2.49. The summed E-state index contributed by atoms with van der Waals surface area (Å²) in [6.07, 6.45) is -0.350. The molecule has 0 aliphatic carbocycles. The van der Waals surface area contributed by atoms with Crippen LogP contribution in [0.3, 0.4) is 0 Å². The fourth-order valence-corrected chi connectivity index (χ4v) is 4.78. The van der Waals surface area contributed by atoms with Crippen molar-refractivity contribution in [3.05, 3.63) is 35.3 Å². The molecular formula is C18H23FN2O5S. The highest BCUT2D eigenvalue weighted by Crippen LogP contribution is 2.27. The highest BCUT2D eigenvalue weighted by molar-refractivity contribution is 7.89. The Hall–Kier alpha value is -1.97. The minimum absolute atomic E-state index is 0.0129. The van der Waals surface area contributed by atoms with Crippen LogP contribution in [0.2, 0.25) is 0 Å². The summed E-state index contributed by atoms with van der Waals surface area (Å²) in [5.74, 6) is -1.36. The minimum atomic E-state index is -3.52. The lowest BCUT2D eigenvalue weighted by Gasteiger charge is -2.34. The van der Waals surface area contributed by atoms with Gasteiger partial charge in [-0.15, -0.1) is 0 Å². The van der Waals surface area contributed by atoms with Gasteiger partial charge in [-0.25, -0.2) is 12.8 Å². The Bertz CT molecular complexity index is 946. The van der Waals surface area contributed by atoms with Crippen LogP contribution in [0.4, 0.5) is 4.39 Å². The SMILES string of the molecule is Cc1c(C(=O)NCCS(=O)(=O)N2CC(C)OC(C)C2)oc2c(F)cccc12. The lowest BCUT2D eigenvalue weighted by atomic mass is 10.1. The molecule has 1 aromatic carbocycles. The van der Waals surface area contributed by atoms with Crippen LogP contribution in [0, 0.1) is 12.7 Å². The van der Waals surface area contributed by atoms with Crippen molar-refractivity contribution in [1.29, 1.82) is 0 Å². The third-order valence-corrected chi connectivity index (χ3v) is 6.35. The van der Waals surface area contributed by atoms with Crippen molar-refractivity contribution in [1.82, 2.24) is 9.62 Å². The van der Waals surface area contributed by atoms with Gasteiger partial charge in [0, 0.05) is 30.6 Å². The molecule has 1 saturated heterocycles. The van der Waals surface area contributed by atoms with Crippen molar-refractivity contribution in [3.8, 4) is 0 Å². The predicted molar refractivity (Wildman–Crippen MR) is 98.6 cm³/mol. The lowest BCUT2D eigenvalue weighted by molar-refractivity contribution is -0.0440. The van der Waals surface area contributed by atoms with Crippen LogP contribution in [0.1, 0.15) is 30.0 Å². The number of ether oxygens (including phenoxy) is 1. The van der Waals surface area contributed by atoms with Crippen molar-refractivity contribution >= 4 is 26.9 Å². The van der Waals surface area contributed by atoms with Crippen LogP contribution < -0.4 is 5.32 Å². The van der Waals surface area contributed by atoms with Gasteiger partial charge in [0.05, 0.1) is 18.0 Å². The standard InChI is InChI=1S/C18H23FN2O5S/c1-11-9-21(10-12(2)25-11)27(23,24)8-7-20-18(22)16-13(3)14-5-4-6-15(19)17(14)26-16/h4-6,11-12H,7-10H2,1-3H3,(H,20,22). The molecule has 1 aliphatic heterocycles. The minimum Gasteiger partial charge on any atom is -0.448 e. The number of nitrogens with one attached hydrogen (secondary N) is 1. The molecule has 2 unspecified atom stereocenters. The van der Waals surface area contributed by atoms with Gasteiger partial charge in [0.25, 0.3) is 5.91 Å². The second-order valence-electron chi connectivity index (χ2n) is 6.82. The first-order chi connectivity index (χ1) is 12.7. The number of carbonyl (C=O) groups is 1. The summed E-state index contributed by atoms with van der Waals surface area (Å²) in [5, 5.41) is 3.06. The van der Waals surface area contributed by atoms with Crippen molar-refractivity contribution in [3.63, 3.8) is 0 Å². The summed E-state index contributed by atoms with van der Waals surface area (Å²) in [5.41, 5.74) is 0.532. The third kappa shape index (κ3) is 4.15. The van der Waals surface area contributed by atoms with Crippen molar-refractivity contribution in [2.45, 2.75) is 33.0 Å². The largest absolute Gasteiger partial charge is 0.448 e. The Kier molecular flexibility index (Phi) is 5.55. The van der Waals surface area contributed by atoms with Crippen LogP contribution in [-0.4, -0.2) is 56.2 Å². The molecule has 27 heavy (non-hydrogen) atoms. The van der Waals surface area contributed by atoms with E-state index < -0.39 is 21.7 Å². The van der Waals surface area contributed by atoms with Crippen molar-refractivity contribution < 1.29 is 26.8 Å². The Morgan fingerprint density at radius 1 is 1.30 bits per heavy atom. The number of amides is 1. The molecule has 3 rings (SSSR count). The van der Waals surface area contributed by atoms with Crippen LogP contribution in [0.25, 0.3) is 11.0 Å². The maximum absolute atomic E-state index is 13.8. The van der Waals surface area contributed by atoms with E-state index in [0.29, 0.717) is 24.0 Å². The highest BCUT2D eigenvalue weighted by Gasteiger charge is 2.31. The second kappa shape index (κ2) is 7.57. The van der Waals surface area contributed by atoms with E-state index in [1.165, 1.54) is 10.4 Å². The zero-order valence-electron chi connectivity index (χ0n) is 15.5. The Labute approximate surface area is 157 Å². The number of sulfonamides is 1. The Morgan fingerprint density at radius 3 is 2.59 bits per heavy atom. The number of hydrogen-bond acceptors (Lipinski definition) is 5. The molecule has 1 aromatic heterocycles. The van der Waals surface area contributed by atoms with Gasteiger partial charge in [0.1, 0.15) is 0 Å². The second-order valence-corrected chi connectivity index (χ2v) is 8.91. The average Bonchev–Trinajstić information content (AvgIpc) is 2.92. The van der Waals surface area contributed by atoms with Crippen LogP contribution >= 0.6 is 0 Å². The van der Waals surface area contributed by atoms with Gasteiger partial charge in [-0.3, -0.25) is 4.79 Å². The summed E-state index contributed by atoms with van der Waals surface area (Å²) in [4.78, 5) is 12.4. The normalized spacial score (nSPS) is 21.5. The van der Waals surface area contributed by atoms with E-state index in [2.05, 4.69) is 5.32 Å². The zero-order valence-corrected chi connectivity index (χ0v) is 16.3. The molecule has 1 amide bonds. The van der Waals surface area contributed by atoms with Crippen molar-refractivity contribution in [2.75, 3.05) is 25.4 Å². The van der Waals surface area contributed by atoms with Gasteiger partial charge in [-0.2, -0.15) is 4.31 Å². The molecule has 9 heteroatoms. The number of rotatable bonds is 5. The first-order valence-electron chi connectivity index (χ1n) is 8.78. The molecule has 2 atom stereocenters. The van der Waals surface area contributed by atoms with Crippen LogP contribution in [-0.2, 0) is 14.8 Å². The number of furan rings is 1. The molecule has 0 bridgehead atoms. The first-order valence-corrected chi connectivity index (χ1v) is 10.4. The quantitative estimate of drug-likeness (QED) is 0.833. The molecule has 1 aliphatic rings. The predicted octanol–water partition coefficient (Wildman–Crippen LogP) is 2.05. The number of nitrogens with zero attached hydrogens (tertiary/aromatic N) is 1.